The van der Waals surface area contributed by atoms with Crippen molar-refractivity contribution in [3.8, 4) is 0 Å². The van der Waals surface area contributed by atoms with Crippen molar-refractivity contribution in [3.05, 3.63) is 28.9 Å². The van der Waals surface area contributed by atoms with Crippen LogP contribution in [0.15, 0.2) is 18.3 Å². The standard InChI is InChI=1S/C21H27ClN4O3/c1-20(18(27)16-10-15(22)9-13-11-24-26(20)17(13)16)14-3-7-25(8-4-14)19(28)23-12-21(29)5-2-6-21/h9-11,14,18,27,29H,2-8,12H2,1H3,(H,23,28)/t18-,20?/m1/s1. The Hall–Kier alpha value is -1.83. The van der Waals surface area contributed by atoms with Crippen molar-refractivity contribution in [1.29, 1.82) is 0 Å². The van der Waals surface area contributed by atoms with E-state index in [9.17, 15) is 15.0 Å². The van der Waals surface area contributed by atoms with Gasteiger partial charge in [0.05, 0.1) is 22.9 Å². The van der Waals surface area contributed by atoms with Crippen LogP contribution in [0.4, 0.5) is 4.79 Å². The first-order valence-corrected chi connectivity index (χ1v) is 10.8. The lowest BCUT2D eigenvalue weighted by Gasteiger charge is -2.43. The van der Waals surface area contributed by atoms with Gasteiger partial charge in [0.15, 0.2) is 0 Å². The molecule has 0 spiro atoms. The lowest BCUT2D eigenvalue weighted by atomic mass is 9.75. The van der Waals surface area contributed by atoms with Gasteiger partial charge in [0.25, 0.3) is 0 Å². The van der Waals surface area contributed by atoms with Gasteiger partial charge < -0.3 is 20.4 Å². The molecule has 0 radical (unpaired) electrons. The fourth-order valence-electron chi connectivity index (χ4n) is 5.34. The molecule has 1 saturated carbocycles. The molecule has 3 N–H and O–H groups in total. The molecule has 2 aromatic rings. The second-order valence-corrected chi connectivity index (χ2v) is 9.55. The average molecular weight is 419 g/mol. The van der Waals surface area contributed by atoms with E-state index in [1.54, 1.807) is 0 Å². The van der Waals surface area contributed by atoms with E-state index in [0.717, 1.165) is 48.6 Å². The zero-order valence-corrected chi connectivity index (χ0v) is 17.3. The summed E-state index contributed by atoms with van der Waals surface area (Å²) in [5, 5.41) is 30.4. The van der Waals surface area contributed by atoms with Crippen LogP contribution in [0.3, 0.4) is 0 Å². The Bertz CT molecular complexity index is 964. The van der Waals surface area contributed by atoms with Gasteiger partial charge in [-0.1, -0.05) is 11.6 Å². The molecule has 1 unspecified atom stereocenters. The minimum atomic E-state index is -0.714. The molecule has 156 valence electrons. The number of hydrogen-bond acceptors (Lipinski definition) is 4. The summed E-state index contributed by atoms with van der Waals surface area (Å²) in [4.78, 5) is 14.3. The van der Waals surface area contributed by atoms with Crippen LogP contribution in [0.25, 0.3) is 10.9 Å². The molecule has 1 aromatic heterocycles. The number of urea groups is 1. The van der Waals surface area contributed by atoms with E-state index < -0.39 is 17.2 Å². The van der Waals surface area contributed by atoms with Gasteiger partial charge in [-0.05, 0) is 57.1 Å². The highest BCUT2D eigenvalue weighted by Gasteiger charge is 2.50. The van der Waals surface area contributed by atoms with Crippen LogP contribution < -0.4 is 5.32 Å². The van der Waals surface area contributed by atoms with Gasteiger partial charge in [0.2, 0.25) is 0 Å². The van der Waals surface area contributed by atoms with Crippen LogP contribution in [-0.2, 0) is 5.54 Å². The summed E-state index contributed by atoms with van der Waals surface area (Å²) in [6.07, 6.45) is 5.24. The van der Waals surface area contributed by atoms with Crippen molar-refractivity contribution in [2.24, 2.45) is 5.92 Å². The van der Waals surface area contributed by atoms with Crippen molar-refractivity contribution < 1.29 is 15.0 Å². The van der Waals surface area contributed by atoms with E-state index in [1.807, 2.05) is 27.9 Å². The van der Waals surface area contributed by atoms with Crippen LogP contribution in [-0.4, -0.2) is 56.2 Å². The number of aromatic nitrogens is 2. The number of carbonyl (C=O) groups is 1. The van der Waals surface area contributed by atoms with Crippen molar-refractivity contribution in [1.82, 2.24) is 20.0 Å². The Kier molecular flexibility index (Phi) is 4.35. The first-order valence-electron chi connectivity index (χ1n) is 10.4. The Morgan fingerprint density at radius 1 is 1.34 bits per heavy atom. The number of nitrogens with one attached hydrogen (secondary N) is 1. The fourth-order valence-corrected chi connectivity index (χ4v) is 5.58. The Morgan fingerprint density at radius 2 is 2.07 bits per heavy atom. The molecule has 1 saturated heterocycles. The summed E-state index contributed by atoms with van der Waals surface area (Å²) in [6.45, 7) is 3.63. The number of likely N-dealkylation sites (tertiary alicyclic amines) is 1. The van der Waals surface area contributed by atoms with Crippen molar-refractivity contribution in [2.75, 3.05) is 19.6 Å². The van der Waals surface area contributed by atoms with Crippen molar-refractivity contribution in [3.63, 3.8) is 0 Å². The number of piperidine rings is 1. The van der Waals surface area contributed by atoms with E-state index in [4.69, 9.17) is 11.6 Å². The first kappa shape index (κ1) is 19.2. The molecule has 2 atom stereocenters. The quantitative estimate of drug-likeness (QED) is 0.714. The summed E-state index contributed by atoms with van der Waals surface area (Å²) in [5.74, 6) is 0.187. The molecule has 0 bridgehead atoms. The first-order chi connectivity index (χ1) is 13.8. The van der Waals surface area contributed by atoms with Gasteiger partial charge in [-0.25, -0.2) is 4.79 Å². The zero-order valence-electron chi connectivity index (χ0n) is 16.6. The number of aliphatic hydroxyl groups excluding tert-OH is 1. The van der Waals surface area contributed by atoms with Crippen LogP contribution in [0.2, 0.25) is 5.02 Å². The van der Waals surface area contributed by atoms with E-state index in [-0.39, 0.29) is 11.9 Å². The van der Waals surface area contributed by atoms with Gasteiger partial charge in [-0.15, -0.1) is 0 Å². The third kappa shape index (κ3) is 2.86. The minimum Gasteiger partial charge on any atom is -0.388 e. The minimum absolute atomic E-state index is 0.113. The van der Waals surface area contributed by atoms with Gasteiger partial charge in [-0.2, -0.15) is 5.10 Å². The average Bonchev–Trinajstić information content (AvgIpc) is 3.21. The zero-order chi connectivity index (χ0) is 20.4. The van der Waals surface area contributed by atoms with Crippen LogP contribution in [0.1, 0.15) is 50.7 Å². The SMILES string of the molecule is CC1(C2CCN(C(=O)NCC3(O)CCC3)CC2)[C@H](O)c2cc(Cl)cc3cnn1c23. The monoisotopic (exact) mass is 418 g/mol. The highest BCUT2D eigenvalue weighted by Crippen LogP contribution is 2.51. The molecule has 2 amide bonds. The molecule has 2 aliphatic heterocycles. The van der Waals surface area contributed by atoms with E-state index in [0.29, 0.717) is 24.7 Å². The maximum absolute atomic E-state index is 12.5. The molecule has 2 fully saturated rings. The number of aliphatic hydroxyl groups is 2. The van der Waals surface area contributed by atoms with Gasteiger partial charge >= 0.3 is 6.03 Å². The summed E-state index contributed by atoms with van der Waals surface area (Å²) in [6, 6.07) is 3.61. The Balaban J connectivity index is 1.29. The second kappa shape index (κ2) is 6.59. The van der Waals surface area contributed by atoms with E-state index >= 15 is 0 Å². The number of carbonyl (C=O) groups excluding carboxylic acids is 1. The summed E-state index contributed by atoms with van der Waals surface area (Å²) < 4.78 is 1.96. The smallest absolute Gasteiger partial charge is 0.317 e. The number of rotatable bonds is 3. The number of amides is 2. The molecular formula is C21H27ClN4O3. The highest BCUT2D eigenvalue weighted by atomic mass is 35.5. The molecule has 7 nitrogen and oxygen atoms in total. The lowest BCUT2D eigenvalue weighted by molar-refractivity contribution is -0.0310. The van der Waals surface area contributed by atoms with Crippen LogP contribution >= 0.6 is 11.6 Å². The topological polar surface area (TPSA) is 90.6 Å². The van der Waals surface area contributed by atoms with E-state index in [1.165, 1.54) is 0 Å². The van der Waals surface area contributed by atoms with Crippen molar-refractivity contribution in [2.45, 2.75) is 56.3 Å². The van der Waals surface area contributed by atoms with Crippen LogP contribution in [0, 0.1) is 5.92 Å². The molecule has 1 aromatic carbocycles. The number of nitrogens with zero attached hydrogens (tertiary/aromatic N) is 3. The molecular weight excluding hydrogens is 392 g/mol. The Labute approximate surface area is 174 Å². The molecule has 3 aliphatic rings. The largest absolute Gasteiger partial charge is 0.388 e. The number of hydrogen-bond donors (Lipinski definition) is 3. The lowest BCUT2D eigenvalue weighted by Crippen LogP contribution is -2.53. The summed E-state index contributed by atoms with van der Waals surface area (Å²) in [7, 11) is 0. The molecule has 1 aliphatic carbocycles. The highest BCUT2D eigenvalue weighted by molar-refractivity contribution is 6.31. The number of benzene rings is 1. The Morgan fingerprint density at radius 3 is 2.72 bits per heavy atom. The van der Waals surface area contributed by atoms with Gasteiger partial charge in [0, 0.05) is 35.6 Å². The normalized spacial score (nSPS) is 28.6. The van der Waals surface area contributed by atoms with Crippen molar-refractivity contribution >= 4 is 28.5 Å². The molecule has 5 rings (SSSR count). The third-order valence-electron chi connectivity index (χ3n) is 7.42. The summed E-state index contributed by atoms with van der Waals surface area (Å²) in [5.41, 5.74) is 0.520. The maximum Gasteiger partial charge on any atom is 0.317 e. The van der Waals surface area contributed by atoms with Gasteiger partial charge in [0.1, 0.15) is 6.10 Å². The second-order valence-electron chi connectivity index (χ2n) is 9.12. The molecule has 3 heterocycles. The fraction of sp³-hybridized carbons (Fsp3) is 0.619. The van der Waals surface area contributed by atoms with Crippen LogP contribution in [0.5, 0.6) is 0 Å². The summed E-state index contributed by atoms with van der Waals surface area (Å²) >= 11 is 6.24. The third-order valence-corrected chi connectivity index (χ3v) is 7.64. The van der Waals surface area contributed by atoms with Gasteiger partial charge in [-0.3, -0.25) is 4.68 Å². The van der Waals surface area contributed by atoms with E-state index in [2.05, 4.69) is 17.3 Å². The maximum atomic E-state index is 12.5. The molecule has 8 heteroatoms. The predicted molar refractivity (Wildman–Crippen MR) is 110 cm³/mol. The number of halogens is 1. The molecule has 29 heavy (non-hydrogen) atoms. The predicted octanol–water partition coefficient (Wildman–Crippen LogP) is 2.79.